The van der Waals surface area contributed by atoms with E-state index in [4.69, 9.17) is 14.2 Å². The molecule has 0 aromatic heterocycles. The van der Waals surface area contributed by atoms with E-state index in [2.05, 4.69) is 19.2 Å². The highest BCUT2D eigenvalue weighted by molar-refractivity contribution is 5.54. The average Bonchev–Trinajstić information content (AvgIpc) is 2.62. The van der Waals surface area contributed by atoms with Crippen LogP contribution in [0.4, 0.5) is 0 Å². The molecule has 0 saturated heterocycles. The largest absolute Gasteiger partial charge is 0.504 e. The van der Waals surface area contributed by atoms with Gasteiger partial charge in [-0.25, -0.2) is 0 Å². The van der Waals surface area contributed by atoms with Crippen LogP contribution in [0.25, 0.3) is 0 Å². The monoisotopic (exact) mass is 361 g/mol. The zero-order valence-electron chi connectivity index (χ0n) is 15.9. The first-order valence-electron chi connectivity index (χ1n) is 8.46. The van der Waals surface area contributed by atoms with Crippen molar-refractivity contribution in [2.75, 3.05) is 21.3 Å². The van der Waals surface area contributed by atoms with E-state index in [1.54, 1.807) is 33.5 Å². The number of hydrogen-bond donors (Lipinski definition) is 3. The summed E-state index contributed by atoms with van der Waals surface area (Å²) < 4.78 is 16.2. The highest BCUT2D eigenvalue weighted by Crippen LogP contribution is 2.39. The SMILES string of the molecule is COc1cc(C[C@@H](NC(C)C)c2ccc(O)c(O)c2)cc(OC)c1OC. The van der Waals surface area contributed by atoms with E-state index in [1.165, 1.54) is 6.07 Å². The van der Waals surface area contributed by atoms with E-state index in [9.17, 15) is 10.2 Å². The Bertz CT molecular complexity index is 720. The molecule has 142 valence electrons. The van der Waals surface area contributed by atoms with Gasteiger partial charge in [-0.05, 0) is 41.8 Å². The van der Waals surface area contributed by atoms with Gasteiger partial charge in [-0.3, -0.25) is 0 Å². The minimum Gasteiger partial charge on any atom is -0.504 e. The molecule has 2 aromatic rings. The molecule has 0 bridgehead atoms. The molecule has 0 aliphatic heterocycles. The van der Waals surface area contributed by atoms with Gasteiger partial charge in [0.15, 0.2) is 23.0 Å². The molecular weight excluding hydrogens is 334 g/mol. The summed E-state index contributed by atoms with van der Waals surface area (Å²) in [5, 5.41) is 22.9. The van der Waals surface area contributed by atoms with Gasteiger partial charge in [-0.15, -0.1) is 0 Å². The second-order valence-corrected chi connectivity index (χ2v) is 6.36. The maximum atomic E-state index is 9.85. The fourth-order valence-corrected chi connectivity index (χ4v) is 2.92. The predicted molar refractivity (Wildman–Crippen MR) is 101 cm³/mol. The topological polar surface area (TPSA) is 80.2 Å². The first kappa shape index (κ1) is 19.7. The lowest BCUT2D eigenvalue weighted by atomic mass is 9.97. The number of aromatic hydroxyl groups is 2. The van der Waals surface area contributed by atoms with Crippen molar-refractivity contribution < 1.29 is 24.4 Å². The van der Waals surface area contributed by atoms with Crippen LogP contribution < -0.4 is 19.5 Å². The van der Waals surface area contributed by atoms with E-state index >= 15 is 0 Å². The fraction of sp³-hybridized carbons (Fsp3) is 0.400. The van der Waals surface area contributed by atoms with Crippen LogP contribution in [0.1, 0.15) is 31.0 Å². The summed E-state index contributed by atoms with van der Waals surface area (Å²) in [4.78, 5) is 0. The maximum absolute atomic E-state index is 9.85. The van der Waals surface area contributed by atoms with Gasteiger partial charge < -0.3 is 29.7 Å². The molecule has 0 aliphatic rings. The number of rotatable bonds is 8. The predicted octanol–water partition coefficient (Wildman–Crippen LogP) is 3.41. The van der Waals surface area contributed by atoms with Gasteiger partial charge in [0.25, 0.3) is 0 Å². The van der Waals surface area contributed by atoms with E-state index < -0.39 is 0 Å². The molecule has 0 amide bonds. The van der Waals surface area contributed by atoms with E-state index in [0.29, 0.717) is 23.7 Å². The van der Waals surface area contributed by atoms with Crippen LogP contribution in [0.2, 0.25) is 0 Å². The van der Waals surface area contributed by atoms with Crippen molar-refractivity contribution in [1.82, 2.24) is 5.32 Å². The highest BCUT2D eigenvalue weighted by atomic mass is 16.5. The molecule has 0 heterocycles. The fourth-order valence-electron chi connectivity index (χ4n) is 2.92. The third-order valence-electron chi connectivity index (χ3n) is 4.10. The van der Waals surface area contributed by atoms with Crippen LogP contribution in [0.5, 0.6) is 28.7 Å². The average molecular weight is 361 g/mol. The van der Waals surface area contributed by atoms with Gasteiger partial charge in [0, 0.05) is 12.1 Å². The molecule has 0 spiro atoms. The van der Waals surface area contributed by atoms with Crippen molar-refractivity contribution in [3.05, 3.63) is 41.5 Å². The Hall–Kier alpha value is -2.60. The Kier molecular flexibility index (Phi) is 6.58. The van der Waals surface area contributed by atoms with Crippen LogP contribution >= 0.6 is 0 Å². The standard InChI is InChI=1S/C20H27NO5/c1-12(2)21-15(14-6-7-16(22)17(23)11-14)8-13-9-18(24-3)20(26-5)19(10-13)25-4/h6-7,9-12,15,21-23H,8H2,1-5H3/t15-/m1/s1. The summed E-state index contributed by atoms with van der Waals surface area (Å²) in [6.07, 6.45) is 0.638. The van der Waals surface area contributed by atoms with Gasteiger partial charge in [0.2, 0.25) is 5.75 Å². The molecule has 26 heavy (non-hydrogen) atoms. The van der Waals surface area contributed by atoms with Crippen molar-refractivity contribution in [3.8, 4) is 28.7 Å². The number of phenols is 2. The van der Waals surface area contributed by atoms with Crippen LogP contribution in [0.3, 0.4) is 0 Å². The number of methoxy groups -OCH3 is 3. The second-order valence-electron chi connectivity index (χ2n) is 6.36. The molecule has 0 aliphatic carbocycles. The van der Waals surface area contributed by atoms with Gasteiger partial charge in [0.1, 0.15) is 0 Å². The lowest BCUT2D eigenvalue weighted by Gasteiger charge is -2.23. The first-order valence-corrected chi connectivity index (χ1v) is 8.46. The maximum Gasteiger partial charge on any atom is 0.203 e. The molecule has 1 atom stereocenters. The number of ether oxygens (including phenoxy) is 3. The van der Waals surface area contributed by atoms with Gasteiger partial charge >= 0.3 is 0 Å². The van der Waals surface area contributed by atoms with Crippen molar-refractivity contribution in [1.29, 1.82) is 0 Å². The molecule has 6 heteroatoms. The summed E-state index contributed by atoms with van der Waals surface area (Å²) in [5.74, 6) is 1.47. The first-order chi connectivity index (χ1) is 12.4. The second kappa shape index (κ2) is 8.67. The zero-order valence-corrected chi connectivity index (χ0v) is 15.9. The number of nitrogens with one attached hydrogen (secondary N) is 1. The van der Waals surface area contributed by atoms with Crippen LogP contribution in [0.15, 0.2) is 30.3 Å². The summed E-state index contributed by atoms with van der Waals surface area (Å²) >= 11 is 0. The van der Waals surface area contributed by atoms with Gasteiger partial charge in [-0.1, -0.05) is 19.9 Å². The number of hydrogen-bond acceptors (Lipinski definition) is 6. The smallest absolute Gasteiger partial charge is 0.203 e. The van der Waals surface area contributed by atoms with Gasteiger partial charge in [-0.2, -0.15) is 0 Å². The third kappa shape index (κ3) is 4.52. The summed E-state index contributed by atoms with van der Waals surface area (Å²) in [7, 11) is 4.74. The Morgan fingerprint density at radius 1 is 0.885 bits per heavy atom. The molecule has 0 radical (unpaired) electrons. The Morgan fingerprint density at radius 2 is 1.50 bits per heavy atom. The molecule has 6 nitrogen and oxygen atoms in total. The number of benzene rings is 2. The summed E-state index contributed by atoms with van der Waals surface area (Å²) in [6.45, 7) is 4.12. The van der Waals surface area contributed by atoms with Gasteiger partial charge in [0.05, 0.1) is 21.3 Å². The molecule has 3 N–H and O–H groups in total. The van der Waals surface area contributed by atoms with Crippen LogP contribution in [-0.4, -0.2) is 37.6 Å². The lowest BCUT2D eigenvalue weighted by molar-refractivity contribution is 0.323. The highest BCUT2D eigenvalue weighted by Gasteiger charge is 2.19. The molecule has 0 saturated carbocycles. The van der Waals surface area contributed by atoms with Crippen molar-refractivity contribution in [3.63, 3.8) is 0 Å². The summed E-state index contributed by atoms with van der Waals surface area (Å²) in [6, 6.07) is 8.87. The zero-order chi connectivity index (χ0) is 19.3. The van der Waals surface area contributed by atoms with E-state index in [1.807, 2.05) is 12.1 Å². The lowest BCUT2D eigenvalue weighted by Crippen LogP contribution is -2.29. The molecule has 0 unspecified atom stereocenters. The van der Waals surface area contributed by atoms with Crippen molar-refractivity contribution >= 4 is 0 Å². The molecular formula is C20H27NO5. The Morgan fingerprint density at radius 3 is 1.96 bits per heavy atom. The molecule has 2 rings (SSSR count). The number of phenolic OH excluding ortho intramolecular Hbond substituents is 2. The van der Waals surface area contributed by atoms with Crippen LogP contribution in [-0.2, 0) is 6.42 Å². The van der Waals surface area contributed by atoms with Crippen molar-refractivity contribution in [2.24, 2.45) is 0 Å². The van der Waals surface area contributed by atoms with E-state index in [0.717, 1.165) is 11.1 Å². The minimum atomic E-state index is -0.136. The van der Waals surface area contributed by atoms with E-state index in [-0.39, 0.29) is 23.6 Å². The minimum absolute atomic E-state index is 0.0655. The third-order valence-corrected chi connectivity index (χ3v) is 4.10. The molecule has 2 aromatic carbocycles. The Labute approximate surface area is 154 Å². The quantitative estimate of drug-likeness (QED) is 0.625. The molecule has 0 fully saturated rings. The van der Waals surface area contributed by atoms with Crippen molar-refractivity contribution in [2.45, 2.75) is 32.4 Å². The summed E-state index contributed by atoms with van der Waals surface area (Å²) in [5.41, 5.74) is 1.87. The Balaban J connectivity index is 2.40. The normalized spacial score (nSPS) is 12.1. The van der Waals surface area contributed by atoms with Crippen LogP contribution in [0, 0.1) is 0 Å².